The van der Waals surface area contributed by atoms with Crippen molar-refractivity contribution in [3.05, 3.63) is 0 Å². The number of ether oxygens (including phenoxy) is 1. The summed E-state index contributed by atoms with van der Waals surface area (Å²) in [6.07, 6.45) is 1.97. The van der Waals surface area contributed by atoms with Gasteiger partial charge in [-0.3, -0.25) is 4.99 Å². The molecule has 27 heavy (non-hydrogen) atoms. The minimum absolute atomic E-state index is 0.190. The fourth-order valence-electron chi connectivity index (χ4n) is 3.56. The largest absolute Gasteiger partial charge is 0.444 e. The molecule has 2 heterocycles. The maximum Gasteiger partial charge on any atom is 0.410 e. The van der Waals surface area contributed by atoms with Crippen molar-refractivity contribution in [1.29, 1.82) is 0 Å². The molecule has 2 fully saturated rings. The van der Waals surface area contributed by atoms with Gasteiger partial charge in [0.15, 0.2) is 5.96 Å². The second kappa shape index (κ2) is 9.89. The monoisotopic (exact) mass is 398 g/mol. The molecule has 2 unspecified atom stereocenters. The van der Waals surface area contributed by atoms with Crippen LogP contribution in [0.1, 0.15) is 47.5 Å². The summed E-state index contributed by atoms with van der Waals surface area (Å²) in [6.45, 7) is 14.8. The van der Waals surface area contributed by atoms with Crippen molar-refractivity contribution in [1.82, 2.24) is 15.1 Å². The summed E-state index contributed by atoms with van der Waals surface area (Å²) in [5.74, 6) is 3.26. The van der Waals surface area contributed by atoms with Gasteiger partial charge < -0.3 is 19.9 Å². The molecule has 0 radical (unpaired) electrons. The molecule has 2 atom stereocenters. The van der Waals surface area contributed by atoms with Gasteiger partial charge in [0.1, 0.15) is 5.60 Å². The highest BCUT2D eigenvalue weighted by Gasteiger charge is 2.29. The van der Waals surface area contributed by atoms with Gasteiger partial charge in [0.05, 0.1) is 0 Å². The Kier molecular flexibility index (Phi) is 8.13. The smallest absolute Gasteiger partial charge is 0.410 e. The topological polar surface area (TPSA) is 57.2 Å². The first-order chi connectivity index (χ1) is 12.7. The number of aliphatic imine (C=N–C) groups is 1. The third-order valence-electron chi connectivity index (χ3n) is 5.07. The maximum absolute atomic E-state index is 12.3. The summed E-state index contributed by atoms with van der Waals surface area (Å²) >= 11 is 2.07. The molecule has 2 saturated heterocycles. The summed E-state index contributed by atoms with van der Waals surface area (Å²) in [7, 11) is 1.86. The zero-order valence-corrected chi connectivity index (χ0v) is 18.8. The molecule has 1 amide bonds. The molecule has 0 bridgehead atoms. The predicted molar refractivity (Wildman–Crippen MR) is 115 cm³/mol. The zero-order valence-electron chi connectivity index (χ0n) is 18.0. The minimum atomic E-state index is -0.441. The van der Waals surface area contributed by atoms with Crippen LogP contribution < -0.4 is 5.32 Å². The molecular formula is C20H38N4O2S. The van der Waals surface area contributed by atoms with E-state index in [1.807, 2.05) is 32.7 Å². The van der Waals surface area contributed by atoms with Gasteiger partial charge in [-0.1, -0.05) is 13.8 Å². The Morgan fingerprint density at radius 2 is 2.00 bits per heavy atom. The normalized spacial score (nSPS) is 24.9. The van der Waals surface area contributed by atoms with Crippen molar-refractivity contribution >= 4 is 23.8 Å². The van der Waals surface area contributed by atoms with Gasteiger partial charge in [-0.2, -0.15) is 11.8 Å². The lowest BCUT2D eigenvalue weighted by atomic mass is 9.98. The van der Waals surface area contributed by atoms with Gasteiger partial charge in [0.25, 0.3) is 0 Å². The quantitative estimate of drug-likeness (QED) is 0.584. The number of carbonyl (C=O) groups is 1. The van der Waals surface area contributed by atoms with E-state index in [-0.39, 0.29) is 6.09 Å². The molecule has 2 rings (SSSR count). The van der Waals surface area contributed by atoms with E-state index in [2.05, 4.69) is 40.8 Å². The molecule has 156 valence electrons. The van der Waals surface area contributed by atoms with Gasteiger partial charge in [-0.15, -0.1) is 0 Å². The third kappa shape index (κ3) is 7.09. The van der Waals surface area contributed by atoms with Crippen LogP contribution in [0.3, 0.4) is 0 Å². The molecule has 2 aliphatic heterocycles. The van der Waals surface area contributed by atoms with Crippen molar-refractivity contribution in [3.8, 4) is 0 Å². The van der Waals surface area contributed by atoms with Crippen LogP contribution in [0, 0.1) is 11.8 Å². The Labute approximate surface area is 169 Å². The molecule has 6 nitrogen and oxygen atoms in total. The van der Waals surface area contributed by atoms with Gasteiger partial charge in [0, 0.05) is 50.8 Å². The molecule has 0 aliphatic carbocycles. The van der Waals surface area contributed by atoms with Crippen molar-refractivity contribution < 1.29 is 9.53 Å². The summed E-state index contributed by atoms with van der Waals surface area (Å²) in [5.41, 5.74) is -0.441. The third-order valence-corrected chi connectivity index (χ3v) is 6.61. The first-order valence-electron chi connectivity index (χ1n) is 10.2. The Morgan fingerprint density at radius 1 is 1.26 bits per heavy atom. The predicted octanol–water partition coefficient (Wildman–Crippen LogP) is 3.28. The molecule has 0 aromatic carbocycles. The van der Waals surface area contributed by atoms with Crippen LogP contribution in [0.2, 0.25) is 0 Å². The number of amides is 1. The van der Waals surface area contributed by atoms with E-state index in [9.17, 15) is 4.79 Å². The number of rotatable bonds is 3. The molecule has 1 N–H and O–H groups in total. The Hall–Kier alpha value is -1.11. The second-order valence-electron chi connectivity index (χ2n) is 8.96. The van der Waals surface area contributed by atoms with Crippen LogP contribution >= 0.6 is 11.8 Å². The van der Waals surface area contributed by atoms with Gasteiger partial charge in [-0.25, -0.2) is 4.79 Å². The van der Waals surface area contributed by atoms with Crippen LogP contribution in [0.25, 0.3) is 0 Å². The maximum atomic E-state index is 12.3. The van der Waals surface area contributed by atoms with Crippen molar-refractivity contribution in [3.63, 3.8) is 0 Å². The number of nitrogens with one attached hydrogen (secondary N) is 1. The lowest BCUT2D eigenvalue weighted by Gasteiger charge is -2.38. The molecule has 0 spiro atoms. The Balaban J connectivity index is 1.84. The number of nitrogens with zero attached hydrogens (tertiary/aromatic N) is 3. The standard InChI is InChI=1S/C20H38N4O2S/c1-15(2)17-14-23(10-11-27-17)18(21-6)22-12-16-8-7-9-24(13-16)19(25)26-20(3,4)5/h15-17H,7-14H2,1-6H3,(H,21,22). The number of likely N-dealkylation sites (tertiary alicyclic amines) is 1. The highest BCUT2D eigenvalue weighted by Crippen LogP contribution is 2.25. The Bertz CT molecular complexity index is 519. The van der Waals surface area contributed by atoms with Crippen LogP contribution in [-0.4, -0.2) is 78.2 Å². The molecule has 7 heteroatoms. The zero-order chi connectivity index (χ0) is 20.0. The Morgan fingerprint density at radius 3 is 2.63 bits per heavy atom. The van der Waals surface area contributed by atoms with E-state index in [1.54, 1.807) is 0 Å². The average Bonchev–Trinajstić information content (AvgIpc) is 2.61. The molecular weight excluding hydrogens is 360 g/mol. The lowest BCUT2D eigenvalue weighted by molar-refractivity contribution is 0.0168. The summed E-state index contributed by atoms with van der Waals surface area (Å²) in [6, 6.07) is 0. The van der Waals surface area contributed by atoms with Gasteiger partial charge in [-0.05, 0) is 45.4 Å². The summed E-state index contributed by atoms with van der Waals surface area (Å²) < 4.78 is 5.53. The van der Waals surface area contributed by atoms with Crippen LogP contribution in [0.5, 0.6) is 0 Å². The highest BCUT2D eigenvalue weighted by molar-refractivity contribution is 8.00. The fraction of sp³-hybridized carbons (Fsp3) is 0.900. The molecule has 0 aromatic heterocycles. The molecule has 0 aromatic rings. The summed E-state index contributed by atoms with van der Waals surface area (Å²) in [5, 5.41) is 4.23. The molecule has 0 saturated carbocycles. The lowest BCUT2D eigenvalue weighted by Crippen LogP contribution is -2.51. The van der Waals surface area contributed by atoms with Gasteiger partial charge in [0.2, 0.25) is 0 Å². The van der Waals surface area contributed by atoms with Crippen LogP contribution in [0.15, 0.2) is 4.99 Å². The van der Waals surface area contributed by atoms with Crippen molar-refractivity contribution in [2.24, 2.45) is 16.8 Å². The van der Waals surface area contributed by atoms with E-state index in [0.717, 1.165) is 57.3 Å². The number of carbonyl (C=O) groups excluding carboxylic acids is 1. The first-order valence-corrected chi connectivity index (χ1v) is 11.3. The summed E-state index contributed by atoms with van der Waals surface area (Å²) in [4.78, 5) is 21.1. The van der Waals surface area contributed by atoms with E-state index >= 15 is 0 Å². The van der Waals surface area contributed by atoms with E-state index in [4.69, 9.17) is 4.74 Å². The number of thioether (sulfide) groups is 1. The fourth-order valence-corrected chi connectivity index (χ4v) is 4.86. The highest BCUT2D eigenvalue weighted by atomic mass is 32.2. The second-order valence-corrected chi connectivity index (χ2v) is 10.3. The number of guanidine groups is 1. The van der Waals surface area contributed by atoms with Crippen molar-refractivity contribution in [2.45, 2.75) is 58.3 Å². The number of piperidine rings is 1. The van der Waals surface area contributed by atoms with Crippen LogP contribution in [-0.2, 0) is 4.74 Å². The van der Waals surface area contributed by atoms with Gasteiger partial charge >= 0.3 is 6.09 Å². The van der Waals surface area contributed by atoms with Crippen LogP contribution in [0.4, 0.5) is 4.79 Å². The average molecular weight is 399 g/mol. The van der Waals surface area contributed by atoms with E-state index in [0.29, 0.717) is 17.1 Å². The van der Waals surface area contributed by atoms with E-state index in [1.165, 1.54) is 0 Å². The SMILES string of the molecule is CN=C(NCC1CCCN(C(=O)OC(C)(C)C)C1)N1CCSC(C(C)C)C1. The minimum Gasteiger partial charge on any atom is -0.444 e. The van der Waals surface area contributed by atoms with E-state index < -0.39 is 5.60 Å². The van der Waals surface area contributed by atoms with Crippen molar-refractivity contribution in [2.75, 3.05) is 45.5 Å². The molecule has 2 aliphatic rings. The first kappa shape index (κ1) is 22.2. The number of hydrogen-bond donors (Lipinski definition) is 1. The number of hydrogen-bond acceptors (Lipinski definition) is 4.